The number of nitrogens with two attached hydrogens (primary N) is 1. The van der Waals surface area contributed by atoms with Crippen LogP contribution in [-0.4, -0.2) is 10.9 Å². The number of benzene rings is 2. The molecule has 0 aliphatic rings. The Morgan fingerprint density at radius 2 is 1.90 bits per heavy atom. The fourth-order valence-corrected chi connectivity index (χ4v) is 2.12. The van der Waals surface area contributed by atoms with Crippen molar-refractivity contribution in [3.05, 3.63) is 64.4 Å². The number of halogens is 2. The van der Waals surface area contributed by atoms with Crippen LogP contribution in [0.15, 0.2) is 42.5 Å². The first-order chi connectivity index (χ1) is 9.95. The Labute approximate surface area is 131 Å². The van der Waals surface area contributed by atoms with Gasteiger partial charge >= 0.3 is 0 Å². The molecule has 0 heterocycles. The van der Waals surface area contributed by atoms with Gasteiger partial charge in [-0.25, -0.2) is 4.39 Å². The summed E-state index contributed by atoms with van der Waals surface area (Å²) < 4.78 is 13.6. The molecular weight excluding hydrogens is 311 g/mol. The normalized spacial score (nSPS) is 10.2. The Hall–Kier alpha value is -1.98. The summed E-state index contributed by atoms with van der Waals surface area (Å²) in [5.41, 5.74) is 6.84. The molecule has 3 N–H and O–H groups in total. The van der Waals surface area contributed by atoms with Crippen LogP contribution in [0.1, 0.15) is 15.9 Å². The molecule has 0 spiro atoms. The maximum absolute atomic E-state index is 13.6. The number of amides is 1. The number of anilines is 1. The van der Waals surface area contributed by atoms with E-state index < -0.39 is 11.7 Å². The monoisotopic (exact) mass is 322 g/mol. The molecule has 0 atom stereocenters. The molecule has 0 aliphatic carbocycles. The van der Waals surface area contributed by atoms with Crippen molar-refractivity contribution in [1.82, 2.24) is 0 Å². The highest BCUT2D eigenvalue weighted by atomic mass is 35.5. The van der Waals surface area contributed by atoms with E-state index in [9.17, 15) is 9.18 Å². The van der Waals surface area contributed by atoms with Gasteiger partial charge in [-0.05, 0) is 35.9 Å². The lowest BCUT2D eigenvalue weighted by Gasteiger charge is -2.07. The third kappa shape index (κ3) is 4.24. The van der Waals surface area contributed by atoms with Crippen molar-refractivity contribution in [3.8, 4) is 0 Å². The van der Waals surface area contributed by atoms with Crippen LogP contribution in [0, 0.1) is 5.82 Å². The van der Waals surface area contributed by atoms with E-state index >= 15 is 0 Å². The number of rotatable bonds is 4. The smallest absolute Gasteiger partial charge is 0.258 e. The molecule has 0 saturated heterocycles. The summed E-state index contributed by atoms with van der Waals surface area (Å²) in [5, 5.41) is 2.90. The summed E-state index contributed by atoms with van der Waals surface area (Å²) in [6.07, 6.45) is 0.493. The first kappa shape index (κ1) is 15.4. The average Bonchev–Trinajstić information content (AvgIpc) is 2.43. The van der Waals surface area contributed by atoms with E-state index in [0.29, 0.717) is 22.1 Å². The van der Waals surface area contributed by atoms with Gasteiger partial charge in [0.2, 0.25) is 0 Å². The van der Waals surface area contributed by atoms with Crippen molar-refractivity contribution >= 4 is 40.4 Å². The molecule has 108 valence electrons. The highest BCUT2D eigenvalue weighted by Crippen LogP contribution is 2.17. The topological polar surface area (TPSA) is 55.1 Å². The summed E-state index contributed by atoms with van der Waals surface area (Å²) in [6, 6.07) is 10.8. The number of hydrogen-bond acceptors (Lipinski definition) is 2. The number of nitrogens with one attached hydrogen (secondary N) is 1. The van der Waals surface area contributed by atoms with E-state index in [1.807, 2.05) is 0 Å². The van der Waals surface area contributed by atoms with Gasteiger partial charge in [0.25, 0.3) is 5.91 Å². The lowest BCUT2D eigenvalue weighted by Crippen LogP contribution is -2.14. The number of hydrogen-bond donors (Lipinski definition) is 2. The number of carbonyl (C=O) groups is 1. The van der Waals surface area contributed by atoms with E-state index in [1.165, 1.54) is 12.1 Å². The predicted molar refractivity (Wildman–Crippen MR) is 86.3 cm³/mol. The Bertz CT molecular complexity index is 689. The van der Waals surface area contributed by atoms with Crippen molar-refractivity contribution in [2.24, 2.45) is 5.73 Å². The zero-order chi connectivity index (χ0) is 15.4. The van der Waals surface area contributed by atoms with Gasteiger partial charge in [0, 0.05) is 17.1 Å². The van der Waals surface area contributed by atoms with Gasteiger partial charge < -0.3 is 11.1 Å². The second-order valence-corrected chi connectivity index (χ2v) is 5.38. The zero-order valence-electron chi connectivity index (χ0n) is 10.9. The highest BCUT2D eigenvalue weighted by Gasteiger charge is 2.12. The minimum atomic E-state index is -0.623. The van der Waals surface area contributed by atoms with Gasteiger partial charge in [-0.1, -0.05) is 36.0 Å². The molecule has 0 unspecified atom stereocenters. The highest BCUT2D eigenvalue weighted by molar-refractivity contribution is 7.80. The largest absolute Gasteiger partial charge is 0.393 e. The summed E-state index contributed by atoms with van der Waals surface area (Å²) in [4.78, 5) is 12.4. The number of carbonyl (C=O) groups excluding carboxylic acids is 1. The van der Waals surface area contributed by atoms with Gasteiger partial charge in [0.05, 0.1) is 10.6 Å². The van der Waals surface area contributed by atoms with Crippen LogP contribution in [0.25, 0.3) is 0 Å². The third-order valence-electron chi connectivity index (χ3n) is 2.76. The second kappa shape index (κ2) is 6.65. The molecule has 21 heavy (non-hydrogen) atoms. The van der Waals surface area contributed by atoms with E-state index in [2.05, 4.69) is 5.32 Å². The van der Waals surface area contributed by atoms with Crippen LogP contribution in [0.5, 0.6) is 0 Å². The molecule has 0 saturated carbocycles. The minimum Gasteiger partial charge on any atom is -0.393 e. The third-order valence-corrected chi connectivity index (χ3v) is 3.14. The predicted octanol–water partition coefficient (Wildman–Crippen LogP) is 3.56. The molecule has 0 fully saturated rings. The molecule has 6 heteroatoms. The lowest BCUT2D eigenvalue weighted by molar-refractivity contribution is 0.102. The molecule has 0 radical (unpaired) electrons. The minimum absolute atomic E-state index is 0.102. The Kier molecular flexibility index (Phi) is 4.88. The van der Waals surface area contributed by atoms with Gasteiger partial charge in [0.1, 0.15) is 5.82 Å². The maximum Gasteiger partial charge on any atom is 0.258 e. The maximum atomic E-state index is 13.6. The van der Waals surface area contributed by atoms with Gasteiger partial charge in [-0.15, -0.1) is 0 Å². The molecule has 1 amide bonds. The molecule has 0 aromatic heterocycles. The SMILES string of the molecule is NC(=S)Cc1ccc(NC(=O)c2cc(Cl)ccc2F)cc1. The average molecular weight is 323 g/mol. The van der Waals surface area contributed by atoms with Gasteiger partial charge in [0.15, 0.2) is 0 Å². The van der Waals surface area contributed by atoms with Crippen LogP contribution < -0.4 is 11.1 Å². The standard InChI is InChI=1S/C15H12ClFN2OS/c16-10-3-6-13(17)12(8-10)15(20)19-11-4-1-9(2-5-11)7-14(18)21/h1-6,8H,7H2,(H2,18,21)(H,19,20). The Balaban J connectivity index is 2.12. The van der Waals surface area contributed by atoms with Crippen LogP contribution in [0.3, 0.4) is 0 Å². The second-order valence-electron chi connectivity index (χ2n) is 4.42. The molecule has 0 bridgehead atoms. The summed E-state index contributed by atoms with van der Waals surface area (Å²) in [7, 11) is 0. The van der Waals surface area contributed by atoms with Crippen LogP contribution in [-0.2, 0) is 6.42 Å². The first-order valence-corrected chi connectivity index (χ1v) is 6.88. The molecule has 0 aliphatic heterocycles. The molecule has 3 nitrogen and oxygen atoms in total. The van der Waals surface area contributed by atoms with Gasteiger partial charge in [-0.3, -0.25) is 4.79 Å². The fourth-order valence-electron chi connectivity index (χ4n) is 1.78. The summed E-state index contributed by atoms with van der Waals surface area (Å²) in [6.45, 7) is 0. The van der Waals surface area contributed by atoms with E-state index in [0.717, 1.165) is 11.6 Å². The fraction of sp³-hybridized carbons (Fsp3) is 0.0667. The van der Waals surface area contributed by atoms with Crippen molar-refractivity contribution in [2.45, 2.75) is 6.42 Å². The van der Waals surface area contributed by atoms with Gasteiger partial charge in [-0.2, -0.15) is 0 Å². The van der Waals surface area contributed by atoms with Crippen LogP contribution in [0.2, 0.25) is 5.02 Å². The Morgan fingerprint density at radius 3 is 2.52 bits per heavy atom. The van der Waals surface area contributed by atoms with Crippen molar-refractivity contribution in [3.63, 3.8) is 0 Å². The Morgan fingerprint density at radius 1 is 1.24 bits per heavy atom. The van der Waals surface area contributed by atoms with Crippen LogP contribution >= 0.6 is 23.8 Å². The molecule has 2 rings (SSSR count). The van der Waals surface area contributed by atoms with Crippen LogP contribution in [0.4, 0.5) is 10.1 Å². The van der Waals surface area contributed by atoms with E-state index in [1.54, 1.807) is 24.3 Å². The molecule has 2 aromatic rings. The first-order valence-electron chi connectivity index (χ1n) is 6.09. The number of thiocarbonyl (C=S) groups is 1. The van der Waals surface area contributed by atoms with Crippen molar-refractivity contribution in [1.29, 1.82) is 0 Å². The summed E-state index contributed by atoms with van der Waals surface area (Å²) in [5.74, 6) is -1.18. The lowest BCUT2D eigenvalue weighted by atomic mass is 10.1. The summed E-state index contributed by atoms with van der Waals surface area (Å²) >= 11 is 10.6. The zero-order valence-corrected chi connectivity index (χ0v) is 12.5. The molecule has 2 aromatic carbocycles. The van der Waals surface area contributed by atoms with Crippen molar-refractivity contribution in [2.75, 3.05) is 5.32 Å². The molecular formula is C15H12ClFN2OS. The van der Waals surface area contributed by atoms with E-state index in [4.69, 9.17) is 29.6 Å². The van der Waals surface area contributed by atoms with E-state index in [-0.39, 0.29) is 5.56 Å². The van der Waals surface area contributed by atoms with Crippen molar-refractivity contribution < 1.29 is 9.18 Å². The quantitative estimate of drug-likeness (QED) is 0.846.